The van der Waals surface area contributed by atoms with Gasteiger partial charge < -0.3 is 9.52 Å². The van der Waals surface area contributed by atoms with Crippen LogP contribution in [0.15, 0.2) is 70.7 Å². The van der Waals surface area contributed by atoms with Gasteiger partial charge in [0.05, 0.1) is 11.3 Å². The van der Waals surface area contributed by atoms with Crippen molar-refractivity contribution in [2.24, 2.45) is 0 Å². The topological polar surface area (TPSA) is 70.8 Å². The van der Waals surface area contributed by atoms with Gasteiger partial charge in [0.2, 0.25) is 0 Å². The van der Waals surface area contributed by atoms with Crippen LogP contribution in [0.2, 0.25) is 0 Å². The summed E-state index contributed by atoms with van der Waals surface area (Å²) in [7, 11) is 0. The number of nitrogens with zero attached hydrogens (tertiary/aromatic N) is 1. The Morgan fingerprint density at radius 2 is 1.76 bits per heavy atom. The van der Waals surface area contributed by atoms with Crippen LogP contribution in [-0.2, 0) is 9.59 Å². The number of halogens is 2. The van der Waals surface area contributed by atoms with Gasteiger partial charge in [-0.05, 0) is 31.2 Å². The molecule has 1 amide bonds. The summed E-state index contributed by atoms with van der Waals surface area (Å²) in [4.78, 5) is 26.5. The minimum absolute atomic E-state index is 0.169. The van der Waals surface area contributed by atoms with Gasteiger partial charge in [-0.3, -0.25) is 14.5 Å². The zero-order valence-corrected chi connectivity index (χ0v) is 15.2. The standard InChI is InChI=1S/C22H15F2NO4/c1-12-7-10-17(29-12)19-18(20(26)13-5-3-2-4-6-13)21(27)22(28)25(19)16-9-8-14(23)11-15(16)24/h2-11,19,26H,1H3/b20-18-. The Kier molecular flexibility index (Phi) is 4.50. The van der Waals surface area contributed by atoms with Gasteiger partial charge in [0.25, 0.3) is 11.7 Å². The lowest BCUT2D eigenvalue weighted by atomic mass is 9.99. The van der Waals surface area contributed by atoms with Crippen molar-refractivity contribution >= 4 is 23.1 Å². The molecule has 0 spiro atoms. The molecule has 7 heteroatoms. The largest absolute Gasteiger partial charge is 0.507 e. The molecule has 1 aliphatic heterocycles. The number of carbonyl (C=O) groups is 2. The average Bonchev–Trinajstić information content (AvgIpc) is 3.24. The van der Waals surface area contributed by atoms with Crippen LogP contribution in [0.5, 0.6) is 0 Å². The Hall–Kier alpha value is -3.74. The molecule has 5 nitrogen and oxygen atoms in total. The monoisotopic (exact) mass is 395 g/mol. The molecular weight excluding hydrogens is 380 g/mol. The summed E-state index contributed by atoms with van der Waals surface area (Å²) in [6.07, 6.45) is 0. The van der Waals surface area contributed by atoms with Gasteiger partial charge in [0.15, 0.2) is 0 Å². The van der Waals surface area contributed by atoms with E-state index >= 15 is 0 Å². The number of Topliss-reactive ketones (excluding diaryl/α,β-unsaturated/α-hetero) is 1. The lowest BCUT2D eigenvalue weighted by Gasteiger charge is -2.23. The third-order valence-electron chi connectivity index (χ3n) is 4.69. The summed E-state index contributed by atoms with van der Waals surface area (Å²) in [6.45, 7) is 1.67. The third-order valence-corrected chi connectivity index (χ3v) is 4.69. The van der Waals surface area contributed by atoms with Crippen LogP contribution in [0.1, 0.15) is 23.1 Å². The van der Waals surface area contributed by atoms with Gasteiger partial charge in [0.1, 0.15) is 35.0 Å². The molecule has 146 valence electrons. The Labute approximate surface area is 164 Å². The van der Waals surface area contributed by atoms with Gasteiger partial charge >= 0.3 is 0 Å². The number of hydrogen-bond donors (Lipinski definition) is 1. The smallest absolute Gasteiger partial charge is 0.300 e. The number of ketones is 1. The Morgan fingerprint density at radius 3 is 2.38 bits per heavy atom. The Morgan fingerprint density at radius 1 is 1.03 bits per heavy atom. The molecule has 4 rings (SSSR count). The minimum atomic E-state index is -1.20. The average molecular weight is 395 g/mol. The highest BCUT2D eigenvalue weighted by Gasteiger charge is 2.49. The van der Waals surface area contributed by atoms with Crippen LogP contribution in [0, 0.1) is 18.6 Å². The fourth-order valence-corrected chi connectivity index (χ4v) is 3.38. The number of carbonyl (C=O) groups excluding carboxylic acids is 2. The van der Waals surface area contributed by atoms with Crippen LogP contribution in [0.25, 0.3) is 5.76 Å². The number of amides is 1. The van der Waals surface area contributed by atoms with Crippen molar-refractivity contribution in [3.8, 4) is 0 Å². The van der Waals surface area contributed by atoms with Crippen LogP contribution in [-0.4, -0.2) is 16.8 Å². The zero-order chi connectivity index (χ0) is 20.7. The second kappa shape index (κ2) is 7.01. The molecule has 1 N–H and O–H groups in total. The van der Waals surface area contributed by atoms with Crippen molar-refractivity contribution in [1.82, 2.24) is 0 Å². The maximum absolute atomic E-state index is 14.5. The van der Waals surface area contributed by atoms with E-state index < -0.39 is 35.1 Å². The fourth-order valence-electron chi connectivity index (χ4n) is 3.38. The van der Waals surface area contributed by atoms with Crippen molar-refractivity contribution in [1.29, 1.82) is 0 Å². The number of aliphatic hydroxyl groups is 1. The summed E-state index contributed by atoms with van der Waals surface area (Å²) in [5, 5.41) is 10.8. The molecule has 0 saturated carbocycles. The zero-order valence-electron chi connectivity index (χ0n) is 15.2. The van der Waals surface area contributed by atoms with Crippen molar-refractivity contribution in [3.63, 3.8) is 0 Å². The highest BCUT2D eigenvalue weighted by molar-refractivity contribution is 6.51. The predicted molar refractivity (Wildman–Crippen MR) is 101 cm³/mol. The highest BCUT2D eigenvalue weighted by Crippen LogP contribution is 2.43. The molecule has 1 saturated heterocycles. The molecule has 1 aliphatic rings. The first-order chi connectivity index (χ1) is 13.9. The van der Waals surface area contributed by atoms with E-state index in [1.54, 1.807) is 49.4 Å². The second-order valence-corrected chi connectivity index (χ2v) is 6.58. The maximum Gasteiger partial charge on any atom is 0.300 e. The van der Waals surface area contributed by atoms with E-state index in [4.69, 9.17) is 4.42 Å². The first kappa shape index (κ1) is 18.6. The van der Waals surface area contributed by atoms with E-state index in [9.17, 15) is 23.5 Å². The van der Waals surface area contributed by atoms with Crippen molar-refractivity contribution in [2.75, 3.05) is 4.90 Å². The second-order valence-electron chi connectivity index (χ2n) is 6.58. The van der Waals surface area contributed by atoms with Gasteiger partial charge in [-0.25, -0.2) is 8.78 Å². The molecular formula is C22H15F2NO4. The summed E-state index contributed by atoms with van der Waals surface area (Å²) in [5.41, 5.74) is -0.211. The molecule has 0 radical (unpaired) electrons. The van der Waals surface area contributed by atoms with Crippen molar-refractivity contribution < 1.29 is 27.9 Å². The minimum Gasteiger partial charge on any atom is -0.507 e. The van der Waals surface area contributed by atoms with E-state index in [0.717, 1.165) is 17.0 Å². The molecule has 0 bridgehead atoms. The summed E-state index contributed by atoms with van der Waals surface area (Å²) in [5.74, 6) is -3.61. The van der Waals surface area contributed by atoms with Crippen molar-refractivity contribution in [2.45, 2.75) is 13.0 Å². The maximum atomic E-state index is 14.5. The first-order valence-corrected chi connectivity index (χ1v) is 8.76. The van der Waals surface area contributed by atoms with Gasteiger partial charge in [-0.1, -0.05) is 30.3 Å². The number of hydrogen-bond acceptors (Lipinski definition) is 4. The summed E-state index contributed by atoms with van der Waals surface area (Å²) in [6, 6.07) is 12.8. The van der Waals surface area contributed by atoms with Crippen LogP contribution in [0.4, 0.5) is 14.5 Å². The van der Waals surface area contributed by atoms with Gasteiger partial charge in [-0.2, -0.15) is 0 Å². The van der Waals surface area contributed by atoms with Gasteiger partial charge in [0, 0.05) is 11.6 Å². The molecule has 1 aromatic heterocycles. The van der Waals surface area contributed by atoms with E-state index in [2.05, 4.69) is 0 Å². The molecule has 2 heterocycles. The lowest BCUT2D eigenvalue weighted by molar-refractivity contribution is -0.132. The molecule has 1 fully saturated rings. The highest BCUT2D eigenvalue weighted by atomic mass is 19.1. The summed E-state index contributed by atoms with van der Waals surface area (Å²) < 4.78 is 33.5. The van der Waals surface area contributed by atoms with E-state index in [0.29, 0.717) is 17.4 Å². The predicted octanol–water partition coefficient (Wildman–Crippen LogP) is 4.49. The number of furan rings is 1. The number of aryl methyl sites for hydroxylation is 1. The Balaban J connectivity index is 1.96. The van der Waals surface area contributed by atoms with E-state index in [1.807, 2.05) is 0 Å². The number of aliphatic hydroxyl groups excluding tert-OH is 1. The number of benzene rings is 2. The fraction of sp³-hybridized carbons (Fsp3) is 0.0909. The Bertz CT molecular complexity index is 1150. The normalized spacial score (nSPS) is 18.4. The lowest BCUT2D eigenvalue weighted by Crippen LogP contribution is -2.30. The van der Waals surface area contributed by atoms with Crippen LogP contribution in [0.3, 0.4) is 0 Å². The molecule has 3 aromatic rings. The number of rotatable bonds is 3. The molecule has 0 aliphatic carbocycles. The SMILES string of the molecule is Cc1ccc(C2/C(=C(/O)c3ccccc3)C(=O)C(=O)N2c2ccc(F)cc2F)o1. The molecule has 1 unspecified atom stereocenters. The first-order valence-electron chi connectivity index (χ1n) is 8.76. The van der Waals surface area contributed by atoms with E-state index in [1.165, 1.54) is 0 Å². The molecule has 1 atom stereocenters. The summed E-state index contributed by atoms with van der Waals surface area (Å²) >= 11 is 0. The van der Waals surface area contributed by atoms with E-state index in [-0.39, 0.29) is 17.0 Å². The van der Waals surface area contributed by atoms with Crippen LogP contribution < -0.4 is 4.90 Å². The molecule has 29 heavy (non-hydrogen) atoms. The quantitative estimate of drug-likeness (QED) is 0.403. The number of anilines is 1. The molecule has 2 aromatic carbocycles. The third kappa shape index (κ3) is 3.10. The van der Waals surface area contributed by atoms with Gasteiger partial charge in [-0.15, -0.1) is 0 Å². The van der Waals surface area contributed by atoms with Crippen LogP contribution >= 0.6 is 0 Å². The van der Waals surface area contributed by atoms with Crippen molar-refractivity contribution in [3.05, 3.63) is 95.0 Å².